The van der Waals surface area contributed by atoms with Gasteiger partial charge in [-0.25, -0.2) is 4.79 Å². The van der Waals surface area contributed by atoms with Gasteiger partial charge in [-0.1, -0.05) is 11.6 Å². The van der Waals surface area contributed by atoms with Crippen LogP contribution in [0, 0.1) is 0 Å². The summed E-state index contributed by atoms with van der Waals surface area (Å²) in [6, 6.07) is 4.70. The van der Waals surface area contributed by atoms with Crippen molar-refractivity contribution in [2.75, 3.05) is 0 Å². The Bertz CT molecular complexity index is 516. The van der Waals surface area contributed by atoms with Crippen LogP contribution in [0.4, 0.5) is 0 Å². The molecule has 0 aliphatic carbocycles. The van der Waals surface area contributed by atoms with Gasteiger partial charge in [-0.2, -0.15) is 0 Å². The molecule has 72 valence electrons. The molecule has 0 amide bonds. The van der Waals surface area contributed by atoms with Gasteiger partial charge in [-0.15, -0.1) is 0 Å². The number of rotatable bonds is 1. The lowest BCUT2D eigenvalue weighted by molar-refractivity contribution is 0.0698. The molecule has 0 aliphatic rings. The van der Waals surface area contributed by atoms with Gasteiger partial charge >= 0.3 is 5.97 Å². The van der Waals surface area contributed by atoms with E-state index in [1.807, 2.05) is 0 Å². The van der Waals surface area contributed by atoms with Crippen molar-refractivity contribution in [3.63, 3.8) is 0 Å². The van der Waals surface area contributed by atoms with E-state index in [0.29, 0.717) is 16.0 Å². The molecule has 1 heterocycles. The molecule has 5 heteroatoms. The first-order chi connectivity index (χ1) is 6.59. The molecule has 0 saturated carbocycles. The van der Waals surface area contributed by atoms with Gasteiger partial charge < -0.3 is 9.52 Å². The second kappa shape index (κ2) is 3.19. The Balaban J connectivity index is 2.86. The van der Waals surface area contributed by atoms with E-state index in [4.69, 9.17) is 32.7 Å². The zero-order chi connectivity index (χ0) is 10.3. The molecule has 1 aromatic heterocycles. The highest BCUT2D eigenvalue weighted by Gasteiger charge is 2.18. The fourth-order valence-corrected chi connectivity index (χ4v) is 1.68. The number of aromatic carboxylic acids is 1. The van der Waals surface area contributed by atoms with Crippen molar-refractivity contribution in [2.45, 2.75) is 0 Å². The van der Waals surface area contributed by atoms with Gasteiger partial charge in [0, 0.05) is 10.4 Å². The molecule has 0 unspecified atom stereocenters. The monoisotopic (exact) mass is 230 g/mol. The van der Waals surface area contributed by atoms with Crippen molar-refractivity contribution >= 4 is 40.1 Å². The maximum atomic E-state index is 10.8. The summed E-state index contributed by atoms with van der Waals surface area (Å²) in [6.07, 6.45) is 0. The highest BCUT2D eigenvalue weighted by Crippen LogP contribution is 2.31. The standard InChI is InChI=1S/C9H4Cl2O3/c10-4-1-2-6-5(3-4)7(9(12)13)8(11)14-6/h1-3H,(H,12,13). The second-order valence-electron chi connectivity index (χ2n) is 2.70. The van der Waals surface area contributed by atoms with E-state index in [1.165, 1.54) is 6.07 Å². The van der Waals surface area contributed by atoms with Crippen molar-refractivity contribution < 1.29 is 14.3 Å². The van der Waals surface area contributed by atoms with Gasteiger partial charge in [0.25, 0.3) is 0 Å². The van der Waals surface area contributed by atoms with Crippen LogP contribution in [0.3, 0.4) is 0 Å². The molecule has 1 aromatic carbocycles. The van der Waals surface area contributed by atoms with E-state index in [-0.39, 0.29) is 10.8 Å². The molecule has 14 heavy (non-hydrogen) atoms. The molecule has 0 radical (unpaired) electrons. The fraction of sp³-hybridized carbons (Fsp3) is 0. The summed E-state index contributed by atoms with van der Waals surface area (Å²) >= 11 is 11.4. The minimum Gasteiger partial charge on any atom is -0.477 e. The predicted octanol–water partition coefficient (Wildman–Crippen LogP) is 3.44. The van der Waals surface area contributed by atoms with Crippen LogP contribution in [0.2, 0.25) is 10.2 Å². The van der Waals surface area contributed by atoms with Crippen LogP contribution in [-0.4, -0.2) is 11.1 Å². The van der Waals surface area contributed by atoms with Gasteiger partial charge in [0.15, 0.2) is 0 Å². The Kier molecular flexibility index (Phi) is 2.13. The smallest absolute Gasteiger partial charge is 0.341 e. The molecule has 0 saturated heterocycles. The summed E-state index contributed by atoms with van der Waals surface area (Å²) < 4.78 is 5.04. The average molecular weight is 231 g/mol. The third-order valence-electron chi connectivity index (χ3n) is 1.82. The maximum absolute atomic E-state index is 10.8. The Hall–Kier alpha value is -1.19. The van der Waals surface area contributed by atoms with Crippen LogP contribution in [0.1, 0.15) is 10.4 Å². The zero-order valence-electron chi connectivity index (χ0n) is 6.75. The van der Waals surface area contributed by atoms with E-state index in [9.17, 15) is 4.79 Å². The average Bonchev–Trinajstić information content (AvgIpc) is 2.40. The fourth-order valence-electron chi connectivity index (χ4n) is 1.24. The van der Waals surface area contributed by atoms with Crippen LogP contribution in [0.25, 0.3) is 11.0 Å². The van der Waals surface area contributed by atoms with Gasteiger partial charge in [-0.05, 0) is 29.8 Å². The van der Waals surface area contributed by atoms with Gasteiger partial charge in [-0.3, -0.25) is 0 Å². The number of hydrogen-bond acceptors (Lipinski definition) is 2. The summed E-state index contributed by atoms with van der Waals surface area (Å²) in [7, 11) is 0. The van der Waals surface area contributed by atoms with E-state index in [1.54, 1.807) is 12.1 Å². The Labute approximate surface area is 88.8 Å². The number of carbonyl (C=O) groups is 1. The SMILES string of the molecule is O=C(O)c1c(Cl)oc2ccc(Cl)cc12. The minimum absolute atomic E-state index is 0.0517. The third kappa shape index (κ3) is 1.35. The van der Waals surface area contributed by atoms with Crippen molar-refractivity contribution in [1.82, 2.24) is 0 Å². The topological polar surface area (TPSA) is 50.4 Å². The van der Waals surface area contributed by atoms with E-state index in [0.717, 1.165) is 0 Å². The first-order valence-corrected chi connectivity index (χ1v) is 4.46. The van der Waals surface area contributed by atoms with Crippen molar-refractivity contribution in [1.29, 1.82) is 0 Å². The summed E-state index contributed by atoms with van der Waals surface area (Å²) in [5.74, 6) is -1.13. The molecule has 0 atom stereocenters. The number of carboxylic acids is 1. The van der Waals surface area contributed by atoms with Gasteiger partial charge in [0.05, 0.1) is 0 Å². The van der Waals surface area contributed by atoms with Crippen molar-refractivity contribution in [3.05, 3.63) is 34.0 Å². The Morgan fingerprint density at radius 1 is 1.36 bits per heavy atom. The lowest BCUT2D eigenvalue weighted by Gasteiger charge is -1.91. The van der Waals surface area contributed by atoms with Gasteiger partial charge in [0.1, 0.15) is 11.1 Å². The number of benzene rings is 1. The van der Waals surface area contributed by atoms with Crippen molar-refractivity contribution in [3.8, 4) is 0 Å². The van der Waals surface area contributed by atoms with Crippen LogP contribution >= 0.6 is 23.2 Å². The first kappa shape index (κ1) is 9.37. The molecule has 3 nitrogen and oxygen atoms in total. The Morgan fingerprint density at radius 3 is 2.71 bits per heavy atom. The number of furan rings is 1. The maximum Gasteiger partial charge on any atom is 0.341 e. The molecule has 2 rings (SSSR count). The second-order valence-corrected chi connectivity index (χ2v) is 3.48. The minimum atomic E-state index is -1.13. The van der Waals surface area contributed by atoms with Gasteiger partial charge in [0.2, 0.25) is 5.22 Å². The normalized spacial score (nSPS) is 10.7. The summed E-state index contributed by atoms with van der Waals surface area (Å²) in [4.78, 5) is 10.8. The summed E-state index contributed by atoms with van der Waals surface area (Å²) in [5, 5.41) is 9.58. The van der Waals surface area contributed by atoms with Crippen LogP contribution < -0.4 is 0 Å². The Morgan fingerprint density at radius 2 is 2.07 bits per heavy atom. The molecular weight excluding hydrogens is 227 g/mol. The molecule has 0 spiro atoms. The highest BCUT2D eigenvalue weighted by molar-refractivity contribution is 6.35. The number of halogens is 2. The molecular formula is C9H4Cl2O3. The lowest BCUT2D eigenvalue weighted by atomic mass is 10.2. The first-order valence-electron chi connectivity index (χ1n) is 3.70. The zero-order valence-corrected chi connectivity index (χ0v) is 8.26. The molecule has 0 bridgehead atoms. The molecule has 1 N–H and O–H groups in total. The molecule has 0 aliphatic heterocycles. The molecule has 0 fully saturated rings. The lowest BCUT2D eigenvalue weighted by Crippen LogP contribution is -1.94. The van der Waals surface area contributed by atoms with E-state index < -0.39 is 5.97 Å². The quantitative estimate of drug-likeness (QED) is 0.817. The predicted molar refractivity (Wildman–Crippen MR) is 53.2 cm³/mol. The summed E-state index contributed by atoms with van der Waals surface area (Å²) in [6.45, 7) is 0. The number of fused-ring (bicyclic) bond motifs is 1. The number of carboxylic acid groups (broad SMARTS) is 1. The van der Waals surface area contributed by atoms with E-state index >= 15 is 0 Å². The summed E-state index contributed by atoms with van der Waals surface area (Å²) in [5.41, 5.74) is 0.362. The third-order valence-corrected chi connectivity index (χ3v) is 2.32. The number of hydrogen-bond donors (Lipinski definition) is 1. The largest absolute Gasteiger partial charge is 0.477 e. The van der Waals surface area contributed by atoms with E-state index in [2.05, 4.69) is 0 Å². The van der Waals surface area contributed by atoms with Crippen molar-refractivity contribution in [2.24, 2.45) is 0 Å². The van der Waals surface area contributed by atoms with Crippen LogP contribution in [-0.2, 0) is 0 Å². The van der Waals surface area contributed by atoms with Crippen LogP contribution in [0.15, 0.2) is 22.6 Å². The highest BCUT2D eigenvalue weighted by atomic mass is 35.5. The van der Waals surface area contributed by atoms with Crippen LogP contribution in [0.5, 0.6) is 0 Å². The molecule has 2 aromatic rings.